The summed E-state index contributed by atoms with van der Waals surface area (Å²) >= 11 is 1.45. The van der Waals surface area contributed by atoms with Gasteiger partial charge in [-0.2, -0.15) is 0 Å². The Bertz CT molecular complexity index is 1110. The van der Waals surface area contributed by atoms with E-state index < -0.39 is 0 Å². The number of amides is 1. The molecule has 208 valence electrons. The summed E-state index contributed by atoms with van der Waals surface area (Å²) < 4.78 is 7.34. The monoisotopic (exact) mass is 541 g/mol. The smallest absolute Gasteiger partial charge is 0.348 e. The second-order valence-electron chi connectivity index (χ2n) is 11.8. The normalized spacial score (nSPS) is 25.0. The SMILES string of the molecule is COC(=O)c1ccc([C@H](CCN2[C@@H]3CC[C@H]2C[C@H](n2c(C)nnc2C(C)C)C3)NC(=O)C2CCCCC2)s1. The lowest BCUT2D eigenvalue weighted by Crippen LogP contribution is -2.45. The Morgan fingerprint density at radius 3 is 2.42 bits per heavy atom. The molecule has 2 bridgehead atoms. The number of hydrogen-bond acceptors (Lipinski definition) is 7. The highest BCUT2D eigenvalue weighted by Crippen LogP contribution is 2.42. The molecule has 0 spiro atoms. The molecule has 4 atom stereocenters. The van der Waals surface area contributed by atoms with Crippen molar-refractivity contribution in [3.8, 4) is 0 Å². The van der Waals surface area contributed by atoms with Gasteiger partial charge in [-0.05, 0) is 64.0 Å². The number of fused-ring (bicyclic) bond motifs is 2. The molecule has 1 saturated carbocycles. The largest absolute Gasteiger partial charge is 0.465 e. The summed E-state index contributed by atoms with van der Waals surface area (Å²) in [5.74, 6) is 2.46. The van der Waals surface area contributed by atoms with Crippen LogP contribution in [0, 0.1) is 12.8 Å². The Morgan fingerprint density at radius 1 is 1.05 bits per heavy atom. The Labute approximate surface area is 230 Å². The van der Waals surface area contributed by atoms with E-state index in [1.165, 1.54) is 37.7 Å². The van der Waals surface area contributed by atoms with Crippen molar-refractivity contribution in [2.45, 2.75) is 115 Å². The van der Waals surface area contributed by atoms with E-state index in [2.05, 4.69) is 45.8 Å². The van der Waals surface area contributed by atoms with E-state index in [-0.39, 0.29) is 23.8 Å². The van der Waals surface area contributed by atoms with Crippen molar-refractivity contribution in [3.63, 3.8) is 0 Å². The number of hydrogen-bond donors (Lipinski definition) is 1. The molecule has 2 aromatic heterocycles. The first kappa shape index (κ1) is 27.3. The minimum absolute atomic E-state index is 0.0856. The van der Waals surface area contributed by atoms with Crippen LogP contribution in [-0.2, 0) is 9.53 Å². The molecule has 2 aliphatic heterocycles. The van der Waals surface area contributed by atoms with Gasteiger partial charge in [0.2, 0.25) is 5.91 Å². The first-order chi connectivity index (χ1) is 18.4. The molecule has 0 unspecified atom stereocenters. The molecule has 1 N–H and O–H groups in total. The van der Waals surface area contributed by atoms with Crippen molar-refractivity contribution in [1.82, 2.24) is 25.0 Å². The van der Waals surface area contributed by atoms with E-state index in [1.807, 2.05) is 12.1 Å². The van der Waals surface area contributed by atoms with Crippen molar-refractivity contribution < 1.29 is 14.3 Å². The van der Waals surface area contributed by atoms with Crippen LogP contribution in [0.25, 0.3) is 0 Å². The number of carbonyl (C=O) groups is 2. The summed E-state index contributed by atoms with van der Waals surface area (Å²) in [6.07, 6.45) is 11.0. The van der Waals surface area contributed by atoms with E-state index in [0.717, 1.165) is 68.0 Å². The van der Waals surface area contributed by atoms with Crippen molar-refractivity contribution >= 4 is 23.2 Å². The highest BCUT2D eigenvalue weighted by atomic mass is 32.1. The summed E-state index contributed by atoms with van der Waals surface area (Å²) in [7, 11) is 1.41. The first-order valence-electron chi connectivity index (χ1n) is 14.5. The van der Waals surface area contributed by atoms with E-state index in [1.54, 1.807) is 0 Å². The molecule has 0 aromatic carbocycles. The van der Waals surface area contributed by atoms with Crippen molar-refractivity contribution in [2.24, 2.45) is 5.92 Å². The molecular weight excluding hydrogens is 498 g/mol. The standard InChI is InChI=1S/C29H43N5O3S/c1-18(2)27-32-31-19(3)34(27)23-16-21-10-11-22(17-23)33(21)15-14-24(25-12-13-26(38-25)29(36)37-4)30-28(35)20-8-6-5-7-9-20/h12-13,18,20-24H,5-11,14-17H2,1-4H3,(H,30,35)/t21-,22+,23-,24-/m0/s1. The van der Waals surface area contributed by atoms with Crippen LogP contribution in [0.3, 0.4) is 0 Å². The van der Waals surface area contributed by atoms with Crippen molar-refractivity contribution in [3.05, 3.63) is 33.5 Å². The van der Waals surface area contributed by atoms with Gasteiger partial charge in [-0.15, -0.1) is 21.5 Å². The second kappa shape index (κ2) is 11.9. The van der Waals surface area contributed by atoms with Crippen LogP contribution >= 0.6 is 11.3 Å². The van der Waals surface area contributed by atoms with Gasteiger partial charge in [0.1, 0.15) is 16.5 Å². The molecule has 9 heteroatoms. The van der Waals surface area contributed by atoms with E-state index in [4.69, 9.17) is 4.74 Å². The van der Waals surface area contributed by atoms with Gasteiger partial charge in [0.15, 0.2) is 0 Å². The predicted octanol–water partition coefficient (Wildman–Crippen LogP) is 5.55. The van der Waals surface area contributed by atoms with E-state index >= 15 is 0 Å². The molecule has 0 radical (unpaired) electrons. The molecule has 1 aliphatic carbocycles. The molecule has 2 saturated heterocycles. The van der Waals surface area contributed by atoms with Crippen LogP contribution in [0.15, 0.2) is 12.1 Å². The van der Waals surface area contributed by atoms with Gasteiger partial charge in [0, 0.05) is 41.4 Å². The quantitative estimate of drug-likeness (QED) is 0.419. The zero-order valence-corrected chi connectivity index (χ0v) is 24.1. The molecule has 8 nitrogen and oxygen atoms in total. The van der Waals surface area contributed by atoms with Crippen molar-refractivity contribution in [1.29, 1.82) is 0 Å². The molecule has 2 aromatic rings. The van der Waals surface area contributed by atoms with E-state index in [0.29, 0.717) is 28.9 Å². The van der Waals surface area contributed by atoms with Crippen LogP contribution in [0.5, 0.6) is 0 Å². The number of carbonyl (C=O) groups excluding carboxylic acids is 2. The Hall–Kier alpha value is -2.26. The molecule has 5 rings (SSSR count). The first-order valence-corrected chi connectivity index (χ1v) is 15.3. The fourth-order valence-electron chi connectivity index (χ4n) is 7.02. The molecular formula is C29H43N5O3S. The number of piperidine rings is 1. The minimum atomic E-state index is -0.316. The predicted molar refractivity (Wildman–Crippen MR) is 148 cm³/mol. The molecule has 4 heterocycles. The lowest BCUT2D eigenvalue weighted by molar-refractivity contribution is -0.126. The number of thiophene rings is 1. The average Bonchev–Trinajstić information content (AvgIpc) is 3.62. The second-order valence-corrected chi connectivity index (χ2v) is 12.9. The summed E-state index contributed by atoms with van der Waals surface area (Å²) in [6, 6.07) is 5.28. The van der Waals surface area contributed by atoms with Crippen LogP contribution < -0.4 is 5.32 Å². The summed E-state index contributed by atoms with van der Waals surface area (Å²) in [6.45, 7) is 7.42. The Morgan fingerprint density at radius 2 is 1.76 bits per heavy atom. The third kappa shape index (κ3) is 5.69. The maximum absolute atomic E-state index is 13.2. The fraction of sp³-hybridized carbons (Fsp3) is 0.724. The maximum Gasteiger partial charge on any atom is 0.348 e. The lowest BCUT2D eigenvalue weighted by Gasteiger charge is -2.40. The number of rotatable bonds is 9. The van der Waals surface area contributed by atoms with E-state index in [9.17, 15) is 9.59 Å². The van der Waals surface area contributed by atoms with Crippen molar-refractivity contribution in [2.75, 3.05) is 13.7 Å². The number of aryl methyl sites for hydroxylation is 1. The Balaban J connectivity index is 1.28. The number of nitrogens with zero attached hydrogens (tertiary/aromatic N) is 4. The van der Waals surface area contributed by atoms with Gasteiger partial charge in [-0.25, -0.2) is 4.79 Å². The molecule has 3 aliphatic rings. The zero-order valence-electron chi connectivity index (χ0n) is 23.3. The third-order valence-electron chi connectivity index (χ3n) is 8.96. The summed E-state index contributed by atoms with van der Waals surface area (Å²) in [5.41, 5.74) is 0. The summed E-state index contributed by atoms with van der Waals surface area (Å²) in [5, 5.41) is 12.3. The lowest BCUT2D eigenvalue weighted by atomic mass is 9.88. The van der Waals surface area contributed by atoms with Gasteiger partial charge < -0.3 is 14.6 Å². The van der Waals surface area contributed by atoms with Crippen LogP contribution in [0.2, 0.25) is 0 Å². The number of methoxy groups -OCH3 is 1. The van der Waals surface area contributed by atoms with Gasteiger partial charge in [0.25, 0.3) is 0 Å². The number of nitrogens with one attached hydrogen (secondary N) is 1. The highest BCUT2D eigenvalue weighted by molar-refractivity contribution is 7.14. The molecule has 3 fully saturated rings. The van der Waals surface area contributed by atoms with Gasteiger partial charge >= 0.3 is 5.97 Å². The maximum atomic E-state index is 13.2. The van der Waals surface area contributed by atoms with Crippen LogP contribution in [0.1, 0.15) is 122 Å². The zero-order chi connectivity index (χ0) is 26.8. The molecule has 1 amide bonds. The summed E-state index contributed by atoms with van der Waals surface area (Å²) in [4.78, 5) is 29.7. The fourth-order valence-corrected chi connectivity index (χ4v) is 8.03. The average molecular weight is 542 g/mol. The third-order valence-corrected chi connectivity index (χ3v) is 10.1. The number of esters is 1. The number of aromatic nitrogens is 3. The molecule has 38 heavy (non-hydrogen) atoms. The number of ether oxygens (including phenoxy) is 1. The van der Waals surface area contributed by atoms with Gasteiger partial charge in [0.05, 0.1) is 13.2 Å². The van der Waals surface area contributed by atoms with Crippen LogP contribution in [0.4, 0.5) is 0 Å². The van der Waals surface area contributed by atoms with Gasteiger partial charge in [-0.1, -0.05) is 33.1 Å². The Kier molecular flexibility index (Phi) is 8.53. The topological polar surface area (TPSA) is 89.3 Å². The van der Waals surface area contributed by atoms with Crippen LogP contribution in [-0.4, -0.2) is 57.3 Å². The highest BCUT2D eigenvalue weighted by Gasteiger charge is 2.42. The van der Waals surface area contributed by atoms with Gasteiger partial charge in [-0.3, -0.25) is 9.69 Å². The minimum Gasteiger partial charge on any atom is -0.465 e.